The maximum atomic E-state index is 12.9. The third-order valence-electron chi connectivity index (χ3n) is 4.83. The van der Waals surface area contributed by atoms with E-state index in [0.717, 1.165) is 35.3 Å². The van der Waals surface area contributed by atoms with E-state index in [1.54, 1.807) is 28.6 Å². The standard InChI is InChI=1S/C19H20ClN3O2S/c20-16-9-7-14(8-10-16)13-26(24,25)23-11-3-4-15(12-23)19-21-17-5-1-2-6-18(17)22-19/h1-2,5-10,15H,3-4,11-13H2,(H,21,22). The fourth-order valence-corrected chi connectivity index (χ4v) is 5.20. The summed E-state index contributed by atoms with van der Waals surface area (Å²) in [6.07, 6.45) is 1.77. The molecule has 1 aromatic heterocycles. The second-order valence-electron chi connectivity index (χ2n) is 6.72. The van der Waals surface area contributed by atoms with E-state index in [9.17, 15) is 8.42 Å². The van der Waals surface area contributed by atoms with Crippen LogP contribution in [0.3, 0.4) is 0 Å². The van der Waals surface area contributed by atoms with E-state index in [1.165, 1.54) is 0 Å². The van der Waals surface area contributed by atoms with Crippen molar-refractivity contribution in [3.8, 4) is 0 Å². The van der Waals surface area contributed by atoms with Crippen LogP contribution in [0.2, 0.25) is 5.02 Å². The molecular formula is C19H20ClN3O2S. The van der Waals surface area contributed by atoms with Crippen molar-refractivity contribution in [3.05, 3.63) is 64.9 Å². The summed E-state index contributed by atoms with van der Waals surface area (Å²) in [5, 5.41) is 0.606. The highest BCUT2D eigenvalue weighted by Gasteiger charge is 2.31. The molecule has 0 aliphatic carbocycles. The highest BCUT2D eigenvalue weighted by molar-refractivity contribution is 7.88. The number of sulfonamides is 1. The average molecular weight is 390 g/mol. The van der Waals surface area contributed by atoms with Gasteiger partial charge in [-0.05, 0) is 42.7 Å². The largest absolute Gasteiger partial charge is 0.342 e. The Labute approximate surface area is 158 Å². The van der Waals surface area contributed by atoms with Gasteiger partial charge in [-0.2, -0.15) is 0 Å². The van der Waals surface area contributed by atoms with E-state index in [0.29, 0.717) is 18.1 Å². The fourth-order valence-electron chi connectivity index (χ4n) is 3.47. The van der Waals surface area contributed by atoms with Crippen molar-refractivity contribution >= 4 is 32.7 Å². The normalized spacial score (nSPS) is 19.0. The summed E-state index contributed by atoms with van der Waals surface area (Å²) in [7, 11) is -3.37. The number of imidazole rings is 1. The fraction of sp³-hybridized carbons (Fsp3) is 0.316. The lowest BCUT2D eigenvalue weighted by Gasteiger charge is -2.31. The molecule has 5 nitrogen and oxygen atoms in total. The minimum absolute atomic E-state index is 0.00296. The molecule has 1 N–H and O–H groups in total. The number of H-pyrrole nitrogens is 1. The Bertz CT molecular complexity index is 982. The molecule has 1 saturated heterocycles. The van der Waals surface area contributed by atoms with Crippen molar-refractivity contribution in [1.29, 1.82) is 0 Å². The molecule has 4 rings (SSSR count). The molecule has 0 bridgehead atoms. The molecule has 1 atom stereocenters. The van der Waals surface area contributed by atoms with Gasteiger partial charge in [-0.25, -0.2) is 17.7 Å². The summed E-state index contributed by atoms with van der Waals surface area (Å²) < 4.78 is 27.3. The summed E-state index contributed by atoms with van der Waals surface area (Å²) in [5.74, 6) is 0.963. The SMILES string of the molecule is O=S(=O)(Cc1ccc(Cl)cc1)N1CCCC(c2nc3ccccc3[nH]2)C1. The van der Waals surface area contributed by atoms with Gasteiger partial charge < -0.3 is 4.98 Å². The lowest BCUT2D eigenvalue weighted by atomic mass is 9.99. The molecule has 2 heterocycles. The quantitative estimate of drug-likeness (QED) is 0.735. The van der Waals surface area contributed by atoms with E-state index < -0.39 is 10.0 Å². The van der Waals surface area contributed by atoms with Gasteiger partial charge in [0.1, 0.15) is 5.82 Å². The maximum absolute atomic E-state index is 12.9. The Morgan fingerprint density at radius 3 is 2.69 bits per heavy atom. The zero-order chi connectivity index (χ0) is 18.1. The van der Waals surface area contributed by atoms with Crippen LogP contribution in [-0.4, -0.2) is 35.8 Å². The van der Waals surface area contributed by atoms with Gasteiger partial charge >= 0.3 is 0 Å². The number of hydrogen-bond acceptors (Lipinski definition) is 3. The van der Waals surface area contributed by atoms with Crippen molar-refractivity contribution in [1.82, 2.24) is 14.3 Å². The second-order valence-corrected chi connectivity index (χ2v) is 9.12. The highest BCUT2D eigenvalue weighted by Crippen LogP contribution is 2.29. The number of benzene rings is 2. The number of hydrogen-bond donors (Lipinski definition) is 1. The first-order valence-corrected chi connectivity index (χ1v) is 10.7. The number of piperidine rings is 1. The molecule has 1 aliphatic rings. The topological polar surface area (TPSA) is 66.1 Å². The number of aromatic nitrogens is 2. The van der Waals surface area contributed by atoms with Crippen LogP contribution in [0.4, 0.5) is 0 Å². The molecule has 0 amide bonds. The third kappa shape index (κ3) is 3.63. The lowest BCUT2D eigenvalue weighted by molar-refractivity contribution is 0.310. The van der Waals surface area contributed by atoms with Gasteiger partial charge in [-0.3, -0.25) is 0 Å². The van der Waals surface area contributed by atoms with E-state index in [2.05, 4.69) is 9.97 Å². The molecular weight excluding hydrogens is 370 g/mol. The molecule has 0 radical (unpaired) electrons. The minimum atomic E-state index is -3.37. The zero-order valence-electron chi connectivity index (χ0n) is 14.2. The molecule has 1 aliphatic heterocycles. The minimum Gasteiger partial charge on any atom is -0.342 e. The van der Waals surface area contributed by atoms with Crippen LogP contribution in [0.1, 0.15) is 30.1 Å². The van der Waals surface area contributed by atoms with E-state index >= 15 is 0 Å². The van der Waals surface area contributed by atoms with Crippen LogP contribution in [0.5, 0.6) is 0 Å². The summed E-state index contributed by atoms with van der Waals surface area (Å²) in [6, 6.07) is 14.8. The number of para-hydroxylation sites is 2. The van der Waals surface area contributed by atoms with Gasteiger partial charge in [-0.1, -0.05) is 35.9 Å². The van der Waals surface area contributed by atoms with Crippen LogP contribution >= 0.6 is 11.6 Å². The van der Waals surface area contributed by atoms with Crippen molar-refractivity contribution in [2.45, 2.75) is 24.5 Å². The number of nitrogens with zero attached hydrogens (tertiary/aromatic N) is 2. The average Bonchev–Trinajstić information content (AvgIpc) is 3.08. The van der Waals surface area contributed by atoms with Crippen LogP contribution < -0.4 is 0 Å². The van der Waals surface area contributed by atoms with Gasteiger partial charge in [0.15, 0.2) is 0 Å². The van der Waals surface area contributed by atoms with Gasteiger partial charge in [-0.15, -0.1) is 0 Å². The smallest absolute Gasteiger partial charge is 0.218 e. The predicted molar refractivity (Wildman–Crippen MR) is 104 cm³/mol. The number of aromatic amines is 1. The summed E-state index contributed by atoms with van der Waals surface area (Å²) in [5.41, 5.74) is 2.66. The molecule has 1 fully saturated rings. The number of rotatable bonds is 4. The van der Waals surface area contributed by atoms with Gasteiger partial charge in [0.05, 0.1) is 16.8 Å². The van der Waals surface area contributed by atoms with Crippen molar-refractivity contribution in [2.24, 2.45) is 0 Å². The molecule has 136 valence electrons. The molecule has 2 aromatic carbocycles. The first kappa shape index (κ1) is 17.5. The van der Waals surface area contributed by atoms with Gasteiger partial charge in [0.2, 0.25) is 10.0 Å². The van der Waals surface area contributed by atoms with Crippen LogP contribution in [0.15, 0.2) is 48.5 Å². The van der Waals surface area contributed by atoms with E-state index in [-0.39, 0.29) is 11.7 Å². The Morgan fingerprint density at radius 1 is 1.15 bits per heavy atom. The van der Waals surface area contributed by atoms with Crippen molar-refractivity contribution in [2.75, 3.05) is 13.1 Å². The number of nitrogens with one attached hydrogen (secondary N) is 1. The lowest BCUT2D eigenvalue weighted by Crippen LogP contribution is -2.40. The first-order valence-electron chi connectivity index (χ1n) is 8.68. The van der Waals surface area contributed by atoms with Gasteiger partial charge in [0, 0.05) is 24.0 Å². The first-order chi connectivity index (χ1) is 12.5. The monoisotopic (exact) mass is 389 g/mol. The van der Waals surface area contributed by atoms with Crippen LogP contribution in [0.25, 0.3) is 11.0 Å². The van der Waals surface area contributed by atoms with E-state index in [4.69, 9.17) is 11.6 Å². The van der Waals surface area contributed by atoms with Crippen molar-refractivity contribution < 1.29 is 8.42 Å². The molecule has 1 unspecified atom stereocenters. The third-order valence-corrected chi connectivity index (χ3v) is 6.90. The second kappa shape index (κ2) is 7.02. The zero-order valence-corrected chi connectivity index (χ0v) is 15.8. The van der Waals surface area contributed by atoms with Crippen molar-refractivity contribution in [3.63, 3.8) is 0 Å². The van der Waals surface area contributed by atoms with Crippen LogP contribution in [-0.2, 0) is 15.8 Å². The Morgan fingerprint density at radius 2 is 1.92 bits per heavy atom. The predicted octanol–water partition coefficient (Wildman–Crippen LogP) is 3.93. The molecule has 3 aromatic rings. The number of halogens is 1. The molecule has 7 heteroatoms. The Balaban J connectivity index is 1.52. The van der Waals surface area contributed by atoms with Gasteiger partial charge in [0.25, 0.3) is 0 Å². The maximum Gasteiger partial charge on any atom is 0.218 e. The van der Waals surface area contributed by atoms with E-state index in [1.807, 2.05) is 24.3 Å². The van der Waals surface area contributed by atoms with Crippen LogP contribution in [0, 0.1) is 0 Å². The Hall–Kier alpha value is -1.89. The number of fused-ring (bicyclic) bond motifs is 1. The highest BCUT2D eigenvalue weighted by atomic mass is 35.5. The Kier molecular flexibility index (Phi) is 4.73. The summed E-state index contributed by atoms with van der Waals surface area (Å²) in [6.45, 7) is 1.03. The summed E-state index contributed by atoms with van der Waals surface area (Å²) >= 11 is 5.88. The molecule has 26 heavy (non-hydrogen) atoms. The summed E-state index contributed by atoms with van der Waals surface area (Å²) in [4.78, 5) is 8.00. The molecule has 0 saturated carbocycles. The molecule has 0 spiro atoms.